The summed E-state index contributed by atoms with van der Waals surface area (Å²) in [6, 6.07) is 5.45. The van der Waals surface area contributed by atoms with Gasteiger partial charge < -0.3 is 4.74 Å². The van der Waals surface area contributed by atoms with E-state index in [2.05, 4.69) is 4.74 Å². The first-order valence-corrected chi connectivity index (χ1v) is 5.77. The molecule has 2 nitrogen and oxygen atoms in total. The number of ether oxygens (including phenoxy) is 1. The molecule has 1 aliphatic rings. The number of rotatable bonds is 4. The van der Waals surface area contributed by atoms with Gasteiger partial charge in [-0.25, -0.2) is 4.79 Å². The van der Waals surface area contributed by atoms with Crippen molar-refractivity contribution in [1.82, 2.24) is 0 Å². The van der Waals surface area contributed by atoms with Crippen molar-refractivity contribution in [3.63, 3.8) is 0 Å². The lowest BCUT2D eigenvalue weighted by atomic mass is 10.1. The first kappa shape index (κ1) is 13.4. The molecule has 19 heavy (non-hydrogen) atoms. The zero-order valence-corrected chi connectivity index (χ0v) is 9.91. The summed E-state index contributed by atoms with van der Waals surface area (Å²) in [6.45, 7) is 0. The third kappa shape index (κ3) is 4.30. The minimum Gasteiger partial charge on any atom is -0.406 e. The van der Waals surface area contributed by atoms with Gasteiger partial charge in [-0.3, -0.25) is 0 Å². The highest BCUT2D eigenvalue weighted by Gasteiger charge is 2.30. The second-order valence-corrected chi connectivity index (χ2v) is 4.28. The summed E-state index contributed by atoms with van der Waals surface area (Å²) < 4.78 is 39.6. The maximum Gasteiger partial charge on any atom is 0.573 e. The van der Waals surface area contributed by atoms with Gasteiger partial charge in [0, 0.05) is 5.57 Å². The van der Waals surface area contributed by atoms with Crippen molar-refractivity contribution < 1.29 is 22.7 Å². The van der Waals surface area contributed by atoms with Crippen molar-refractivity contribution >= 4 is 12.0 Å². The standard InChI is InChI=1S/C14H11F3O2/c15-14(16,17)19-13-7-2-10(3-8-13)1-4-12(9-18)11-5-6-11/h1-4,7-8,11H,5-6H2/b4-1+. The average Bonchev–Trinajstić information content (AvgIpc) is 3.14. The van der Waals surface area contributed by atoms with Gasteiger partial charge in [-0.05, 0) is 42.5 Å². The number of carbonyl (C=O) groups excluding carboxylic acids is 1. The summed E-state index contributed by atoms with van der Waals surface area (Å²) in [4.78, 5) is 10.7. The topological polar surface area (TPSA) is 26.3 Å². The van der Waals surface area contributed by atoms with E-state index in [1.54, 1.807) is 12.2 Å². The molecule has 0 atom stereocenters. The van der Waals surface area contributed by atoms with Crippen LogP contribution >= 0.6 is 0 Å². The van der Waals surface area contributed by atoms with Crippen LogP contribution in [0.15, 0.2) is 35.9 Å². The zero-order chi connectivity index (χ0) is 13.9. The molecule has 1 aromatic rings. The Hall–Kier alpha value is -2.00. The van der Waals surface area contributed by atoms with Crippen molar-refractivity contribution in [3.05, 3.63) is 41.5 Å². The molecule has 0 bridgehead atoms. The van der Waals surface area contributed by atoms with E-state index in [0.29, 0.717) is 17.1 Å². The van der Waals surface area contributed by atoms with Gasteiger partial charge in [-0.2, -0.15) is 0 Å². The first-order valence-electron chi connectivity index (χ1n) is 5.77. The normalized spacial score (nSPS) is 15.3. The molecule has 1 saturated carbocycles. The summed E-state index contributed by atoms with van der Waals surface area (Å²) in [5.74, 6) is 1.91. The number of hydrogen-bond acceptors (Lipinski definition) is 2. The Balaban J connectivity index is 2.02. The van der Waals surface area contributed by atoms with E-state index >= 15 is 0 Å². The van der Waals surface area contributed by atoms with Crippen molar-refractivity contribution in [2.24, 2.45) is 5.92 Å². The smallest absolute Gasteiger partial charge is 0.406 e. The molecular formula is C14H11F3O2. The Bertz CT molecular complexity index is 519. The number of alkyl halides is 3. The minimum absolute atomic E-state index is 0.266. The number of allylic oxidation sites excluding steroid dienone is 2. The van der Waals surface area contributed by atoms with Crippen LogP contribution < -0.4 is 4.74 Å². The maximum absolute atomic E-state index is 12.0. The van der Waals surface area contributed by atoms with E-state index in [1.165, 1.54) is 24.3 Å². The molecule has 100 valence electrons. The van der Waals surface area contributed by atoms with Gasteiger partial charge >= 0.3 is 6.36 Å². The van der Waals surface area contributed by atoms with Gasteiger partial charge in [0.2, 0.25) is 0 Å². The van der Waals surface area contributed by atoms with Crippen molar-refractivity contribution in [3.8, 4) is 5.75 Å². The van der Waals surface area contributed by atoms with Crippen LogP contribution in [-0.2, 0) is 4.79 Å². The Kier molecular flexibility index (Phi) is 3.76. The largest absolute Gasteiger partial charge is 0.573 e. The Morgan fingerprint density at radius 3 is 2.37 bits per heavy atom. The van der Waals surface area contributed by atoms with E-state index < -0.39 is 6.36 Å². The van der Waals surface area contributed by atoms with Gasteiger partial charge in [0.25, 0.3) is 0 Å². The van der Waals surface area contributed by atoms with E-state index in [-0.39, 0.29) is 5.75 Å². The lowest BCUT2D eigenvalue weighted by molar-refractivity contribution is -0.274. The van der Waals surface area contributed by atoms with Gasteiger partial charge in [0.05, 0.1) is 0 Å². The summed E-state index contributed by atoms with van der Waals surface area (Å²) in [7, 11) is 0. The molecule has 5 heteroatoms. The highest BCUT2D eigenvalue weighted by Crippen LogP contribution is 2.36. The molecule has 0 amide bonds. The van der Waals surface area contributed by atoms with Gasteiger partial charge in [0.15, 0.2) is 0 Å². The van der Waals surface area contributed by atoms with Crippen LogP contribution in [0.1, 0.15) is 18.4 Å². The fraction of sp³-hybridized carbons (Fsp3) is 0.286. The quantitative estimate of drug-likeness (QED) is 0.613. The van der Waals surface area contributed by atoms with E-state index in [0.717, 1.165) is 12.8 Å². The SMILES string of the molecule is O=C=C(/C=C/c1ccc(OC(F)(F)F)cc1)C1CC1. The highest BCUT2D eigenvalue weighted by molar-refractivity contribution is 5.65. The monoisotopic (exact) mass is 268 g/mol. The number of benzene rings is 1. The summed E-state index contributed by atoms with van der Waals surface area (Å²) in [6.07, 6.45) is 0.636. The molecule has 0 N–H and O–H groups in total. The second-order valence-electron chi connectivity index (χ2n) is 4.28. The zero-order valence-electron chi connectivity index (χ0n) is 9.91. The molecule has 0 heterocycles. The Morgan fingerprint density at radius 1 is 1.26 bits per heavy atom. The van der Waals surface area contributed by atoms with Gasteiger partial charge in [0.1, 0.15) is 11.7 Å². The molecule has 2 rings (SSSR count). The Morgan fingerprint density at radius 2 is 1.89 bits per heavy atom. The fourth-order valence-electron chi connectivity index (χ4n) is 1.61. The third-order valence-electron chi connectivity index (χ3n) is 2.70. The van der Waals surface area contributed by atoms with Crippen LogP contribution in [0.2, 0.25) is 0 Å². The van der Waals surface area contributed by atoms with Crippen LogP contribution in [0.25, 0.3) is 6.08 Å². The summed E-state index contributed by atoms with van der Waals surface area (Å²) in [5.41, 5.74) is 1.30. The average molecular weight is 268 g/mol. The molecule has 1 aliphatic carbocycles. The van der Waals surface area contributed by atoms with Crippen molar-refractivity contribution in [2.45, 2.75) is 19.2 Å². The lowest BCUT2D eigenvalue weighted by Gasteiger charge is -2.08. The predicted molar refractivity (Wildman–Crippen MR) is 64.1 cm³/mol. The number of hydrogen-bond donors (Lipinski definition) is 0. The van der Waals surface area contributed by atoms with Crippen LogP contribution in [0.5, 0.6) is 5.75 Å². The molecular weight excluding hydrogens is 257 g/mol. The van der Waals surface area contributed by atoms with E-state index in [9.17, 15) is 18.0 Å². The molecule has 0 aliphatic heterocycles. The van der Waals surface area contributed by atoms with Gasteiger partial charge in [-0.15, -0.1) is 13.2 Å². The highest BCUT2D eigenvalue weighted by atomic mass is 19.4. The minimum atomic E-state index is -4.68. The van der Waals surface area contributed by atoms with Crippen molar-refractivity contribution in [1.29, 1.82) is 0 Å². The van der Waals surface area contributed by atoms with E-state index in [1.807, 2.05) is 5.94 Å². The molecule has 0 unspecified atom stereocenters. The molecule has 0 aromatic heterocycles. The summed E-state index contributed by atoms with van der Waals surface area (Å²) >= 11 is 0. The molecule has 0 saturated heterocycles. The van der Waals surface area contributed by atoms with Gasteiger partial charge in [-0.1, -0.05) is 18.2 Å². The molecule has 1 fully saturated rings. The maximum atomic E-state index is 12.0. The predicted octanol–water partition coefficient (Wildman–Crippen LogP) is 3.77. The van der Waals surface area contributed by atoms with Crippen LogP contribution in [0.4, 0.5) is 13.2 Å². The third-order valence-corrected chi connectivity index (χ3v) is 2.70. The Labute approximate surface area is 108 Å². The second kappa shape index (κ2) is 5.33. The van der Waals surface area contributed by atoms with Crippen LogP contribution in [0.3, 0.4) is 0 Å². The van der Waals surface area contributed by atoms with E-state index in [4.69, 9.17) is 0 Å². The van der Waals surface area contributed by atoms with Crippen LogP contribution in [-0.4, -0.2) is 12.3 Å². The first-order chi connectivity index (χ1) is 8.98. The molecule has 0 spiro atoms. The lowest BCUT2D eigenvalue weighted by Crippen LogP contribution is -2.16. The van der Waals surface area contributed by atoms with Crippen molar-refractivity contribution in [2.75, 3.05) is 0 Å². The fourth-order valence-corrected chi connectivity index (χ4v) is 1.61. The summed E-state index contributed by atoms with van der Waals surface area (Å²) in [5, 5.41) is 0. The molecule has 0 radical (unpaired) electrons. The number of halogens is 3. The van der Waals surface area contributed by atoms with Crippen LogP contribution in [0, 0.1) is 5.92 Å². The molecule has 1 aromatic carbocycles.